The second-order valence-electron chi connectivity index (χ2n) is 5.19. The van der Waals surface area contributed by atoms with Gasteiger partial charge in [0.15, 0.2) is 0 Å². The van der Waals surface area contributed by atoms with Crippen LogP contribution >= 0.6 is 0 Å². The maximum atomic E-state index is 12.6. The van der Waals surface area contributed by atoms with Gasteiger partial charge in [0.2, 0.25) is 0 Å². The van der Waals surface area contributed by atoms with Crippen molar-refractivity contribution in [2.45, 2.75) is 38.8 Å². The minimum Gasteiger partial charge on any atom is -0.166 e. The molecular formula is C16H19F3. The first-order valence-electron chi connectivity index (χ1n) is 6.78. The molecule has 0 N–H and O–H groups in total. The summed E-state index contributed by atoms with van der Waals surface area (Å²) in [4.78, 5) is 0. The van der Waals surface area contributed by atoms with Crippen LogP contribution in [0.5, 0.6) is 0 Å². The summed E-state index contributed by atoms with van der Waals surface area (Å²) in [7, 11) is 0. The Balaban J connectivity index is 2.05. The Bertz CT molecular complexity index is 435. The molecule has 3 heteroatoms. The van der Waals surface area contributed by atoms with Crippen molar-refractivity contribution in [2.24, 2.45) is 11.8 Å². The molecule has 19 heavy (non-hydrogen) atoms. The van der Waals surface area contributed by atoms with Gasteiger partial charge < -0.3 is 0 Å². The van der Waals surface area contributed by atoms with E-state index in [1.165, 1.54) is 11.6 Å². The van der Waals surface area contributed by atoms with Gasteiger partial charge in [-0.3, -0.25) is 0 Å². The third-order valence-electron chi connectivity index (χ3n) is 3.81. The van der Waals surface area contributed by atoms with Crippen LogP contribution in [-0.4, -0.2) is 6.18 Å². The van der Waals surface area contributed by atoms with Crippen molar-refractivity contribution in [2.75, 3.05) is 0 Å². The van der Waals surface area contributed by atoms with Gasteiger partial charge in [0.25, 0.3) is 0 Å². The van der Waals surface area contributed by atoms with Crippen molar-refractivity contribution in [1.29, 1.82) is 0 Å². The lowest BCUT2D eigenvalue weighted by Gasteiger charge is -2.26. The molecular weight excluding hydrogens is 249 g/mol. The molecule has 0 spiro atoms. The van der Waals surface area contributed by atoms with Crippen LogP contribution in [0.4, 0.5) is 13.2 Å². The zero-order valence-corrected chi connectivity index (χ0v) is 11.1. The van der Waals surface area contributed by atoms with Gasteiger partial charge in [-0.1, -0.05) is 36.5 Å². The molecule has 0 heterocycles. The summed E-state index contributed by atoms with van der Waals surface area (Å²) in [5, 5.41) is 0. The van der Waals surface area contributed by atoms with Crippen LogP contribution in [0.1, 0.15) is 32.6 Å². The summed E-state index contributed by atoms with van der Waals surface area (Å²) in [5.41, 5.74) is 0.848. The lowest BCUT2D eigenvalue weighted by molar-refractivity contribution is -0.0954. The molecule has 0 radical (unpaired) electrons. The molecule has 2 unspecified atom stereocenters. The van der Waals surface area contributed by atoms with Crippen molar-refractivity contribution < 1.29 is 13.2 Å². The summed E-state index contributed by atoms with van der Waals surface area (Å²) < 4.78 is 37.7. The van der Waals surface area contributed by atoms with Gasteiger partial charge in [-0.25, -0.2) is 0 Å². The highest BCUT2D eigenvalue weighted by Gasteiger charge is 2.35. The Morgan fingerprint density at radius 2 is 2.05 bits per heavy atom. The first-order valence-corrected chi connectivity index (χ1v) is 6.78. The molecule has 2 aliphatic carbocycles. The van der Waals surface area contributed by atoms with E-state index in [2.05, 4.69) is 24.3 Å². The number of hydrogen-bond donors (Lipinski definition) is 0. The van der Waals surface area contributed by atoms with Gasteiger partial charge in [-0.2, -0.15) is 13.2 Å². The molecule has 2 rings (SSSR count). The topological polar surface area (TPSA) is 0 Å². The van der Waals surface area contributed by atoms with Crippen molar-refractivity contribution in [3.8, 4) is 0 Å². The molecule has 0 nitrogen and oxygen atoms in total. The quantitative estimate of drug-likeness (QED) is 0.592. The first kappa shape index (κ1) is 14.2. The Labute approximate surface area is 112 Å². The summed E-state index contributed by atoms with van der Waals surface area (Å²) in [5.74, 6) is 0.647. The first-order chi connectivity index (χ1) is 9.00. The number of alkyl halides is 3. The van der Waals surface area contributed by atoms with Gasteiger partial charge in [0.05, 0.1) is 0 Å². The number of rotatable bonds is 2. The van der Waals surface area contributed by atoms with E-state index in [-0.39, 0.29) is 17.9 Å². The molecule has 0 aromatic rings. The second-order valence-corrected chi connectivity index (χ2v) is 5.19. The zero-order valence-electron chi connectivity index (χ0n) is 11.1. The highest BCUT2D eigenvalue weighted by Crippen LogP contribution is 2.38. The molecule has 0 bridgehead atoms. The average molecular weight is 268 g/mol. The number of allylic oxidation sites excluding steroid dienone is 8. The molecule has 0 saturated carbocycles. The van der Waals surface area contributed by atoms with Gasteiger partial charge in [0.1, 0.15) is 0 Å². The Morgan fingerprint density at radius 3 is 2.63 bits per heavy atom. The Kier molecular flexibility index (Phi) is 4.33. The summed E-state index contributed by atoms with van der Waals surface area (Å²) >= 11 is 0. The van der Waals surface area contributed by atoms with E-state index in [1.807, 2.05) is 13.0 Å². The highest BCUT2D eigenvalue weighted by atomic mass is 19.4. The lowest BCUT2D eigenvalue weighted by atomic mass is 9.80. The minimum absolute atomic E-state index is 0.146. The van der Waals surface area contributed by atoms with Gasteiger partial charge >= 0.3 is 6.18 Å². The normalized spacial score (nSPS) is 28.4. The van der Waals surface area contributed by atoms with E-state index in [0.717, 1.165) is 6.42 Å². The van der Waals surface area contributed by atoms with E-state index in [1.54, 1.807) is 0 Å². The fourth-order valence-electron chi connectivity index (χ4n) is 2.78. The van der Waals surface area contributed by atoms with E-state index < -0.39 is 6.18 Å². The smallest absolute Gasteiger partial charge is 0.166 e. The molecule has 0 fully saturated rings. The molecule has 104 valence electrons. The molecule has 0 saturated heterocycles. The molecule has 0 aromatic carbocycles. The van der Waals surface area contributed by atoms with E-state index >= 15 is 0 Å². The molecule has 0 amide bonds. The van der Waals surface area contributed by atoms with Crippen LogP contribution in [0.25, 0.3) is 0 Å². The van der Waals surface area contributed by atoms with Gasteiger partial charge in [-0.15, -0.1) is 0 Å². The van der Waals surface area contributed by atoms with Crippen LogP contribution in [0.15, 0.2) is 47.6 Å². The fraction of sp³-hybridized carbons (Fsp3) is 0.500. The molecule has 2 atom stereocenters. The summed E-state index contributed by atoms with van der Waals surface area (Å²) in [6.07, 6.45) is 10.1. The Morgan fingerprint density at radius 1 is 1.26 bits per heavy atom. The third kappa shape index (κ3) is 3.62. The van der Waals surface area contributed by atoms with Crippen molar-refractivity contribution in [3.63, 3.8) is 0 Å². The van der Waals surface area contributed by atoms with Crippen LogP contribution in [-0.2, 0) is 0 Å². The second kappa shape index (κ2) is 5.81. The highest BCUT2D eigenvalue weighted by molar-refractivity contribution is 5.30. The van der Waals surface area contributed by atoms with Crippen LogP contribution in [0.3, 0.4) is 0 Å². The molecule has 0 aromatic heterocycles. The predicted octanol–water partition coefficient (Wildman–Crippen LogP) is 5.35. The van der Waals surface area contributed by atoms with E-state index in [4.69, 9.17) is 0 Å². The monoisotopic (exact) mass is 268 g/mol. The SMILES string of the molecule is C/C=C\C1C=C(C2CC=C(C(F)(F)F)CC2)C=CC1. The van der Waals surface area contributed by atoms with Crippen LogP contribution in [0.2, 0.25) is 0 Å². The average Bonchev–Trinajstić information content (AvgIpc) is 2.39. The summed E-state index contributed by atoms with van der Waals surface area (Å²) in [6, 6.07) is 0. The standard InChI is InChI=1S/C16H19F3/c1-2-4-12-5-3-6-14(11-12)13-7-9-15(10-8-13)16(17,18)19/h2-4,6,9,11-13H,5,7-8,10H2,1H3/b4-2-. The third-order valence-corrected chi connectivity index (χ3v) is 3.81. The minimum atomic E-state index is -4.14. The fourth-order valence-corrected chi connectivity index (χ4v) is 2.78. The van der Waals surface area contributed by atoms with Crippen LogP contribution in [0, 0.1) is 11.8 Å². The van der Waals surface area contributed by atoms with E-state index in [0.29, 0.717) is 18.8 Å². The maximum Gasteiger partial charge on any atom is 0.412 e. The van der Waals surface area contributed by atoms with Gasteiger partial charge in [-0.05, 0) is 50.0 Å². The van der Waals surface area contributed by atoms with Crippen molar-refractivity contribution in [1.82, 2.24) is 0 Å². The zero-order chi connectivity index (χ0) is 13.9. The maximum absolute atomic E-state index is 12.6. The van der Waals surface area contributed by atoms with Crippen molar-refractivity contribution in [3.05, 3.63) is 47.6 Å². The number of hydrogen-bond acceptors (Lipinski definition) is 0. The molecule has 0 aliphatic heterocycles. The molecule has 2 aliphatic rings. The number of halogens is 3. The largest absolute Gasteiger partial charge is 0.412 e. The lowest BCUT2D eigenvalue weighted by Crippen LogP contribution is -2.18. The van der Waals surface area contributed by atoms with Crippen molar-refractivity contribution >= 4 is 0 Å². The van der Waals surface area contributed by atoms with Gasteiger partial charge in [0, 0.05) is 5.57 Å². The Hall–Kier alpha value is -1.25. The van der Waals surface area contributed by atoms with E-state index in [9.17, 15) is 13.2 Å². The predicted molar refractivity (Wildman–Crippen MR) is 71.6 cm³/mol. The van der Waals surface area contributed by atoms with Crippen LogP contribution < -0.4 is 0 Å². The summed E-state index contributed by atoms with van der Waals surface area (Å²) in [6.45, 7) is 1.99.